The Morgan fingerprint density at radius 2 is 1.55 bits per heavy atom. The summed E-state index contributed by atoms with van der Waals surface area (Å²) in [5.74, 6) is 0. The van der Waals surface area contributed by atoms with E-state index < -0.39 is 10.4 Å². The zero-order valence-electron chi connectivity index (χ0n) is 6.11. The van der Waals surface area contributed by atoms with Gasteiger partial charge in [-0.1, -0.05) is 6.92 Å². The summed E-state index contributed by atoms with van der Waals surface area (Å²) in [5.41, 5.74) is 13.1. The molecule has 1 atom stereocenters. The first-order valence-electron chi connectivity index (χ1n) is 2.33. The third kappa shape index (κ3) is 111. The largest absolute Gasteiger partial charge is 2.00 e. The van der Waals surface area contributed by atoms with Crippen molar-refractivity contribution in [2.24, 2.45) is 0 Å². The standard InChI is InChI=1S/C3H8N2.Cd.H2O4S/c1-3(5)2-4;;1-5(2,3)4/h3-5H,2H2,1H3;;(H2,1,2,3,4)/q-2;+2;. The maximum Gasteiger partial charge on any atom is 2.00 e. The molecule has 0 aliphatic rings. The molecule has 0 amide bonds. The van der Waals surface area contributed by atoms with Crippen LogP contribution < -0.4 is 0 Å². The van der Waals surface area contributed by atoms with Crippen LogP contribution in [0.2, 0.25) is 0 Å². The molecule has 8 heteroatoms. The molecule has 0 aromatic heterocycles. The minimum absolute atomic E-state index is 0. The molecule has 0 aromatic rings. The first kappa shape index (κ1) is 17.7. The van der Waals surface area contributed by atoms with Crippen molar-refractivity contribution in [3.63, 3.8) is 0 Å². The molecule has 11 heavy (non-hydrogen) atoms. The van der Waals surface area contributed by atoms with Crippen molar-refractivity contribution in [3.8, 4) is 0 Å². The van der Waals surface area contributed by atoms with Crippen molar-refractivity contribution in [1.82, 2.24) is 0 Å². The zero-order valence-corrected chi connectivity index (χ0v) is 11.0. The van der Waals surface area contributed by atoms with Crippen LogP contribution >= 0.6 is 0 Å². The third-order valence-electron chi connectivity index (χ3n) is 0.306. The SMILES string of the molecule is CC([NH-])C[NH-].O=S(=O)(O)O.[Cd+2]. The molecule has 0 spiro atoms. The average Bonchev–Trinajstić information content (AvgIpc) is 1.61. The number of hydrogen-bond acceptors (Lipinski definition) is 2. The van der Waals surface area contributed by atoms with Crippen molar-refractivity contribution >= 4 is 10.4 Å². The number of nitrogens with one attached hydrogen (secondary N) is 2. The molecule has 0 aromatic carbocycles. The van der Waals surface area contributed by atoms with Crippen molar-refractivity contribution < 1.29 is 44.8 Å². The Balaban J connectivity index is -0.000000107. The monoisotopic (exact) mass is 284 g/mol. The smallest absolute Gasteiger partial charge is 0.679 e. The Labute approximate surface area is 86.1 Å². The molecule has 0 aliphatic carbocycles. The molecule has 0 fully saturated rings. The Kier molecular flexibility index (Phi) is 14.2. The van der Waals surface area contributed by atoms with E-state index in [0.29, 0.717) is 0 Å². The van der Waals surface area contributed by atoms with Gasteiger partial charge < -0.3 is 11.5 Å². The first-order valence-corrected chi connectivity index (χ1v) is 3.72. The predicted octanol–water partition coefficient (Wildman–Crippen LogP) is 0.824. The van der Waals surface area contributed by atoms with Gasteiger partial charge in [-0.2, -0.15) is 21.0 Å². The van der Waals surface area contributed by atoms with E-state index >= 15 is 0 Å². The molecular formula is C3H10CdN2O4S. The van der Waals surface area contributed by atoms with Crippen LogP contribution in [-0.2, 0) is 37.7 Å². The molecule has 64 valence electrons. The van der Waals surface area contributed by atoms with Gasteiger partial charge in [0.2, 0.25) is 0 Å². The number of rotatable bonds is 1. The van der Waals surface area contributed by atoms with Gasteiger partial charge >= 0.3 is 37.7 Å². The molecule has 0 radical (unpaired) electrons. The molecular weight excluding hydrogens is 273 g/mol. The summed E-state index contributed by atoms with van der Waals surface area (Å²) in [6, 6.07) is -0.199. The fourth-order valence-electron chi connectivity index (χ4n) is 0. The van der Waals surface area contributed by atoms with Crippen LogP contribution in [0.1, 0.15) is 6.92 Å². The average molecular weight is 283 g/mol. The van der Waals surface area contributed by atoms with Gasteiger partial charge in [-0.05, 0) is 0 Å². The van der Waals surface area contributed by atoms with E-state index in [4.69, 9.17) is 29.0 Å². The summed E-state index contributed by atoms with van der Waals surface area (Å²) in [4.78, 5) is 0. The van der Waals surface area contributed by atoms with E-state index in [1.54, 1.807) is 6.92 Å². The molecule has 0 saturated heterocycles. The van der Waals surface area contributed by atoms with E-state index in [-0.39, 0.29) is 39.9 Å². The molecule has 1 unspecified atom stereocenters. The second kappa shape index (κ2) is 8.81. The zero-order chi connectivity index (χ0) is 8.78. The van der Waals surface area contributed by atoms with Crippen molar-refractivity contribution in [1.29, 1.82) is 0 Å². The van der Waals surface area contributed by atoms with Crippen LogP contribution in [0.4, 0.5) is 0 Å². The molecule has 0 bridgehead atoms. The summed E-state index contributed by atoms with van der Waals surface area (Å²) in [5, 5.41) is 0. The summed E-state index contributed by atoms with van der Waals surface area (Å²) >= 11 is 0. The van der Waals surface area contributed by atoms with Crippen LogP contribution in [0.25, 0.3) is 11.5 Å². The fraction of sp³-hybridized carbons (Fsp3) is 1.00. The van der Waals surface area contributed by atoms with Gasteiger partial charge in [-0.15, -0.1) is 0 Å². The Hall–Kier alpha value is 0.712. The maximum absolute atomic E-state index is 8.74. The minimum atomic E-state index is -4.67. The minimum Gasteiger partial charge on any atom is -0.679 e. The van der Waals surface area contributed by atoms with E-state index in [9.17, 15) is 0 Å². The quantitative estimate of drug-likeness (QED) is 0.546. The summed E-state index contributed by atoms with van der Waals surface area (Å²) in [6.07, 6.45) is 0. The van der Waals surface area contributed by atoms with Crippen LogP contribution in [0, 0.1) is 0 Å². The van der Waals surface area contributed by atoms with Gasteiger partial charge in [0.15, 0.2) is 0 Å². The van der Waals surface area contributed by atoms with Gasteiger partial charge in [0.25, 0.3) is 0 Å². The molecule has 0 heterocycles. The van der Waals surface area contributed by atoms with Crippen molar-refractivity contribution in [2.75, 3.05) is 6.54 Å². The van der Waals surface area contributed by atoms with Gasteiger partial charge in [0.05, 0.1) is 0 Å². The Morgan fingerprint density at radius 1 is 1.45 bits per heavy atom. The second-order valence-electron chi connectivity index (χ2n) is 1.55. The Morgan fingerprint density at radius 3 is 1.55 bits per heavy atom. The normalized spacial score (nSPS) is 12.1. The molecule has 6 nitrogen and oxygen atoms in total. The Bertz CT molecular complexity index is 149. The molecule has 0 rings (SSSR count). The van der Waals surface area contributed by atoms with Crippen LogP contribution in [0.3, 0.4) is 0 Å². The van der Waals surface area contributed by atoms with Gasteiger partial charge in [0, 0.05) is 0 Å². The summed E-state index contributed by atoms with van der Waals surface area (Å²) < 4.78 is 31.6. The third-order valence-corrected chi connectivity index (χ3v) is 0.306. The van der Waals surface area contributed by atoms with Crippen LogP contribution in [0.5, 0.6) is 0 Å². The number of hydrogen-bond donors (Lipinski definition) is 2. The van der Waals surface area contributed by atoms with Crippen molar-refractivity contribution in [2.45, 2.75) is 13.0 Å². The van der Waals surface area contributed by atoms with E-state index in [1.807, 2.05) is 0 Å². The van der Waals surface area contributed by atoms with E-state index in [1.165, 1.54) is 0 Å². The van der Waals surface area contributed by atoms with Gasteiger partial charge in [0.1, 0.15) is 0 Å². The predicted molar refractivity (Wildman–Crippen MR) is 37.1 cm³/mol. The van der Waals surface area contributed by atoms with E-state index in [2.05, 4.69) is 0 Å². The first-order chi connectivity index (χ1) is 4.27. The fourth-order valence-corrected chi connectivity index (χ4v) is 0. The van der Waals surface area contributed by atoms with Crippen LogP contribution in [0.15, 0.2) is 0 Å². The summed E-state index contributed by atoms with van der Waals surface area (Å²) in [6.45, 7) is 1.92. The second-order valence-corrected chi connectivity index (χ2v) is 2.45. The summed E-state index contributed by atoms with van der Waals surface area (Å²) in [7, 11) is -4.67. The van der Waals surface area contributed by atoms with Crippen LogP contribution in [-0.4, -0.2) is 30.1 Å². The van der Waals surface area contributed by atoms with Gasteiger partial charge in [-0.25, -0.2) is 0 Å². The molecule has 0 saturated carbocycles. The van der Waals surface area contributed by atoms with Crippen molar-refractivity contribution in [3.05, 3.63) is 11.5 Å². The molecule has 4 N–H and O–H groups in total. The van der Waals surface area contributed by atoms with E-state index in [0.717, 1.165) is 0 Å². The topological polar surface area (TPSA) is 122 Å². The molecule has 0 aliphatic heterocycles. The van der Waals surface area contributed by atoms with Gasteiger partial charge in [-0.3, -0.25) is 9.11 Å². The maximum atomic E-state index is 8.74.